The molecule has 2 atom stereocenters. The minimum Gasteiger partial charge on any atom is -0.485 e. The summed E-state index contributed by atoms with van der Waals surface area (Å²) in [6.07, 6.45) is -0.608. The van der Waals surface area contributed by atoms with E-state index in [-0.39, 0.29) is 18.6 Å². The molecule has 1 aromatic rings. The summed E-state index contributed by atoms with van der Waals surface area (Å²) in [7, 11) is 0. The van der Waals surface area contributed by atoms with Crippen molar-refractivity contribution in [1.29, 1.82) is 0 Å². The zero-order chi connectivity index (χ0) is 12.3. The van der Waals surface area contributed by atoms with Crippen molar-refractivity contribution < 1.29 is 14.3 Å². The lowest BCUT2D eigenvalue weighted by atomic mass is 10.2. The van der Waals surface area contributed by atoms with Gasteiger partial charge < -0.3 is 20.5 Å². The van der Waals surface area contributed by atoms with Crippen LogP contribution in [0, 0.1) is 0 Å². The maximum absolute atomic E-state index is 11.7. The third kappa shape index (κ3) is 2.88. The summed E-state index contributed by atoms with van der Waals surface area (Å²) in [6.45, 7) is 2.48. The molecule has 0 aromatic heterocycles. The van der Waals surface area contributed by atoms with Crippen LogP contribution >= 0.6 is 0 Å². The molecule has 2 rings (SSSR count). The first-order valence-corrected chi connectivity index (χ1v) is 5.58. The van der Waals surface area contributed by atoms with Gasteiger partial charge in [0.25, 0.3) is 5.91 Å². The summed E-state index contributed by atoms with van der Waals surface area (Å²) < 4.78 is 11.0. The van der Waals surface area contributed by atoms with Crippen LogP contribution in [-0.2, 0) is 4.79 Å². The summed E-state index contributed by atoms with van der Waals surface area (Å²) in [5.41, 5.74) is 5.56. The van der Waals surface area contributed by atoms with Crippen molar-refractivity contribution in [3.8, 4) is 11.5 Å². The lowest BCUT2D eigenvalue weighted by Crippen LogP contribution is -2.46. The molecule has 0 bridgehead atoms. The van der Waals surface area contributed by atoms with Crippen LogP contribution in [0.15, 0.2) is 24.3 Å². The van der Waals surface area contributed by atoms with Crippen molar-refractivity contribution in [2.75, 3.05) is 13.2 Å². The largest absolute Gasteiger partial charge is 0.485 e. The van der Waals surface area contributed by atoms with Crippen molar-refractivity contribution in [3.05, 3.63) is 24.3 Å². The van der Waals surface area contributed by atoms with Gasteiger partial charge in [0.05, 0.1) is 0 Å². The highest BCUT2D eigenvalue weighted by Crippen LogP contribution is 2.30. The van der Waals surface area contributed by atoms with Gasteiger partial charge in [0.2, 0.25) is 6.10 Å². The number of carbonyl (C=O) groups is 1. The number of hydrogen-bond acceptors (Lipinski definition) is 4. The Morgan fingerprint density at radius 2 is 2.24 bits per heavy atom. The van der Waals surface area contributed by atoms with Crippen LogP contribution in [0.3, 0.4) is 0 Å². The fourth-order valence-electron chi connectivity index (χ4n) is 1.52. The second kappa shape index (κ2) is 5.05. The van der Waals surface area contributed by atoms with Crippen molar-refractivity contribution in [2.24, 2.45) is 5.73 Å². The molecule has 1 amide bonds. The average Bonchev–Trinajstić information content (AvgIpc) is 2.35. The summed E-state index contributed by atoms with van der Waals surface area (Å²) in [5.74, 6) is 1.07. The van der Waals surface area contributed by atoms with Gasteiger partial charge in [-0.15, -0.1) is 0 Å². The fraction of sp³-hybridized carbons (Fsp3) is 0.417. The van der Waals surface area contributed by atoms with E-state index in [1.165, 1.54) is 0 Å². The van der Waals surface area contributed by atoms with Gasteiger partial charge in [-0.1, -0.05) is 12.1 Å². The van der Waals surface area contributed by atoms with E-state index in [1.54, 1.807) is 6.07 Å². The lowest BCUT2D eigenvalue weighted by molar-refractivity contribution is -0.130. The molecule has 17 heavy (non-hydrogen) atoms. The quantitative estimate of drug-likeness (QED) is 0.791. The molecule has 1 aromatic carbocycles. The summed E-state index contributed by atoms with van der Waals surface area (Å²) in [4.78, 5) is 11.7. The van der Waals surface area contributed by atoms with Gasteiger partial charge in [0.15, 0.2) is 11.5 Å². The molecule has 2 unspecified atom stereocenters. The number of benzene rings is 1. The van der Waals surface area contributed by atoms with Crippen LogP contribution in [0.25, 0.3) is 0 Å². The van der Waals surface area contributed by atoms with Crippen molar-refractivity contribution >= 4 is 5.91 Å². The zero-order valence-corrected chi connectivity index (χ0v) is 9.68. The van der Waals surface area contributed by atoms with Gasteiger partial charge in [-0.2, -0.15) is 0 Å². The van der Waals surface area contributed by atoms with E-state index in [9.17, 15) is 4.79 Å². The lowest BCUT2D eigenvalue weighted by Gasteiger charge is -2.25. The number of fused-ring (bicyclic) bond motifs is 1. The Labute approximate surface area is 99.9 Å². The second-order valence-electron chi connectivity index (χ2n) is 4.09. The first-order chi connectivity index (χ1) is 8.16. The summed E-state index contributed by atoms with van der Waals surface area (Å²) in [6, 6.07) is 7.21. The van der Waals surface area contributed by atoms with Crippen molar-refractivity contribution in [1.82, 2.24) is 5.32 Å². The van der Waals surface area contributed by atoms with Crippen LogP contribution in [0.1, 0.15) is 6.92 Å². The van der Waals surface area contributed by atoms with Crippen molar-refractivity contribution in [2.45, 2.75) is 19.1 Å². The molecule has 1 heterocycles. The third-order valence-electron chi connectivity index (χ3n) is 2.40. The van der Waals surface area contributed by atoms with Gasteiger partial charge in [0, 0.05) is 12.6 Å². The average molecular weight is 236 g/mol. The van der Waals surface area contributed by atoms with Crippen LogP contribution < -0.4 is 20.5 Å². The third-order valence-corrected chi connectivity index (χ3v) is 2.40. The number of ether oxygens (including phenoxy) is 2. The van der Waals surface area contributed by atoms with Crippen LogP contribution in [0.4, 0.5) is 0 Å². The Bertz CT molecular complexity index is 406. The van der Waals surface area contributed by atoms with E-state index < -0.39 is 6.10 Å². The van der Waals surface area contributed by atoms with E-state index in [0.717, 1.165) is 0 Å². The van der Waals surface area contributed by atoms with Gasteiger partial charge in [0.1, 0.15) is 6.61 Å². The number of carbonyl (C=O) groups excluding carboxylic acids is 1. The number of hydrogen-bond donors (Lipinski definition) is 2. The van der Waals surface area contributed by atoms with Crippen LogP contribution in [0.2, 0.25) is 0 Å². The van der Waals surface area contributed by atoms with Crippen LogP contribution in [-0.4, -0.2) is 31.2 Å². The predicted octanol–water partition coefficient (Wildman–Crippen LogP) is 0.290. The number of rotatable bonds is 3. The van der Waals surface area contributed by atoms with E-state index in [2.05, 4.69) is 5.32 Å². The Morgan fingerprint density at radius 1 is 1.53 bits per heavy atom. The first-order valence-electron chi connectivity index (χ1n) is 5.58. The molecule has 92 valence electrons. The molecular weight excluding hydrogens is 220 g/mol. The Balaban J connectivity index is 1.95. The molecule has 0 saturated carbocycles. The predicted molar refractivity (Wildman–Crippen MR) is 63.0 cm³/mol. The number of nitrogens with two attached hydrogens (primary N) is 1. The number of para-hydroxylation sites is 2. The Morgan fingerprint density at radius 3 is 2.94 bits per heavy atom. The number of amides is 1. The molecule has 3 N–H and O–H groups in total. The smallest absolute Gasteiger partial charge is 0.264 e. The minimum absolute atomic E-state index is 0.0734. The molecule has 0 fully saturated rings. The van der Waals surface area contributed by atoms with Gasteiger partial charge >= 0.3 is 0 Å². The van der Waals surface area contributed by atoms with E-state index in [4.69, 9.17) is 15.2 Å². The SMILES string of the molecule is CC(N)CNC(=O)C1COc2ccccc2O1. The highest BCUT2D eigenvalue weighted by molar-refractivity contribution is 5.81. The standard InChI is InChI=1S/C12H16N2O3/c1-8(13)6-14-12(15)11-7-16-9-4-2-3-5-10(9)17-11/h2-5,8,11H,6-7,13H2,1H3,(H,14,15). The van der Waals surface area contributed by atoms with E-state index >= 15 is 0 Å². The van der Waals surface area contributed by atoms with Crippen molar-refractivity contribution in [3.63, 3.8) is 0 Å². The number of nitrogens with one attached hydrogen (secondary N) is 1. The van der Waals surface area contributed by atoms with E-state index in [0.29, 0.717) is 18.0 Å². The molecule has 1 aliphatic rings. The monoisotopic (exact) mass is 236 g/mol. The van der Waals surface area contributed by atoms with Gasteiger partial charge in [-0.3, -0.25) is 4.79 Å². The topological polar surface area (TPSA) is 73.6 Å². The maximum atomic E-state index is 11.7. The first kappa shape index (κ1) is 11.7. The molecular formula is C12H16N2O3. The molecule has 5 heteroatoms. The molecule has 1 aliphatic heterocycles. The molecule has 0 radical (unpaired) electrons. The second-order valence-corrected chi connectivity index (χ2v) is 4.09. The normalized spacial score (nSPS) is 19.5. The maximum Gasteiger partial charge on any atom is 0.264 e. The van der Waals surface area contributed by atoms with E-state index in [1.807, 2.05) is 25.1 Å². The van der Waals surface area contributed by atoms with Gasteiger partial charge in [-0.05, 0) is 19.1 Å². The Kier molecular flexibility index (Phi) is 3.49. The summed E-state index contributed by atoms with van der Waals surface area (Å²) in [5, 5.41) is 2.71. The fourth-order valence-corrected chi connectivity index (χ4v) is 1.52. The van der Waals surface area contributed by atoms with Crippen LogP contribution in [0.5, 0.6) is 11.5 Å². The Hall–Kier alpha value is -1.75. The highest BCUT2D eigenvalue weighted by Gasteiger charge is 2.26. The highest BCUT2D eigenvalue weighted by atomic mass is 16.6. The summed E-state index contributed by atoms with van der Waals surface area (Å²) >= 11 is 0. The molecule has 0 spiro atoms. The molecule has 5 nitrogen and oxygen atoms in total. The zero-order valence-electron chi connectivity index (χ0n) is 9.68. The minimum atomic E-state index is -0.608. The van der Waals surface area contributed by atoms with Gasteiger partial charge in [-0.25, -0.2) is 0 Å². The molecule has 0 aliphatic carbocycles. The molecule has 0 saturated heterocycles.